The van der Waals surface area contributed by atoms with Crippen molar-refractivity contribution in [3.63, 3.8) is 0 Å². The largest absolute Gasteiger partial charge is 0.512 e. The summed E-state index contributed by atoms with van der Waals surface area (Å²) < 4.78 is 16.5. The fourth-order valence-corrected chi connectivity index (χ4v) is 3.63. The summed E-state index contributed by atoms with van der Waals surface area (Å²) in [6.07, 6.45) is 12.4. The van der Waals surface area contributed by atoms with E-state index in [0.717, 1.165) is 29.5 Å². The first-order valence-electron chi connectivity index (χ1n) is 10.6. The molecule has 2 aromatic heterocycles. The Morgan fingerprint density at radius 3 is 2.73 bits per heavy atom. The van der Waals surface area contributed by atoms with Crippen molar-refractivity contribution in [2.45, 2.75) is 32.7 Å². The van der Waals surface area contributed by atoms with Gasteiger partial charge in [-0.25, -0.2) is 4.39 Å². The Bertz CT molecular complexity index is 1280. The monoisotopic (exact) mass is 445 g/mol. The molecule has 0 spiro atoms. The normalized spacial score (nSPS) is 14.3. The Kier molecular flexibility index (Phi) is 6.17. The molecule has 33 heavy (non-hydrogen) atoms. The van der Waals surface area contributed by atoms with E-state index in [1.807, 2.05) is 16.9 Å². The highest BCUT2D eigenvalue weighted by atomic mass is 19.1. The van der Waals surface area contributed by atoms with Gasteiger partial charge in [0.25, 0.3) is 0 Å². The molecule has 4 rings (SSSR count). The number of carbonyl (C=O) groups excluding carboxylic acids is 1. The van der Waals surface area contributed by atoms with E-state index in [4.69, 9.17) is 5.41 Å². The van der Waals surface area contributed by atoms with Crippen LogP contribution in [-0.4, -0.2) is 31.5 Å². The summed E-state index contributed by atoms with van der Waals surface area (Å²) in [6.45, 7) is 2.95. The lowest BCUT2D eigenvalue weighted by atomic mass is 10.0. The summed E-state index contributed by atoms with van der Waals surface area (Å²) in [5, 5.41) is 24.5. The average Bonchev–Trinajstić information content (AvgIpc) is 3.51. The molecule has 1 fully saturated rings. The second-order valence-electron chi connectivity index (χ2n) is 8.01. The van der Waals surface area contributed by atoms with Gasteiger partial charge in [-0.1, -0.05) is 6.07 Å². The smallest absolute Gasteiger partial charge is 0.248 e. The highest BCUT2D eigenvalue weighted by molar-refractivity contribution is 6.21. The number of nitrogens with one attached hydrogen (secondary N) is 2. The van der Waals surface area contributed by atoms with Gasteiger partial charge in [-0.05, 0) is 62.1 Å². The number of aliphatic hydroxyl groups is 1. The number of hydrogen-bond donors (Lipinski definition) is 3. The SMILES string of the molecule is CC(=N)/C(=C(/C)O)c1ccc(NC(=O)/C=C/c2cnccc2-c2cnn(C3CC3)c2)c(F)c1. The second kappa shape index (κ2) is 9.20. The summed E-state index contributed by atoms with van der Waals surface area (Å²) in [6, 6.07) is 6.48. The van der Waals surface area contributed by atoms with Gasteiger partial charge in [-0.2, -0.15) is 5.10 Å². The number of pyridine rings is 1. The lowest BCUT2D eigenvalue weighted by molar-refractivity contribution is -0.111. The maximum atomic E-state index is 14.6. The van der Waals surface area contributed by atoms with Crippen molar-refractivity contribution in [1.82, 2.24) is 14.8 Å². The summed E-state index contributed by atoms with van der Waals surface area (Å²) in [7, 11) is 0. The van der Waals surface area contributed by atoms with Crippen LogP contribution in [0.4, 0.5) is 10.1 Å². The number of halogens is 1. The van der Waals surface area contributed by atoms with Crippen molar-refractivity contribution >= 4 is 29.0 Å². The molecular weight excluding hydrogens is 421 g/mol. The van der Waals surface area contributed by atoms with Crippen LogP contribution < -0.4 is 5.32 Å². The summed E-state index contributed by atoms with van der Waals surface area (Å²) in [5.41, 5.74) is 3.31. The van der Waals surface area contributed by atoms with E-state index < -0.39 is 11.7 Å². The van der Waals surface area contributed by atoms with Crippen LogP contribution in [0.2, 0.25) is 0 Å². The number of allylic oxidation sites excluding steroid dienone is 2. The molecule has 0 radical (unpaired) electrons. The van der Waals surface area contributed by atoms with E-state index in [2.05, 4.69) is 15.4 Å². The van der Waals surface area contributed by atoms with Crippen molar-refractivity contribution in [3.05, 3.63) is 77.8 Å². The molecule has 0 aliphatic heterocycles. The molecule has 0 atom stereocenters. The van der Waals surface area contributed by atoms with Crippen LogP contribution >= 0.6 is 0 Å². The van der Waals surface area contributed by atoms with Crippen LogP contribution in [0.3, 0.4) is 0 Å². The first kappa shape index (κ1) is 22.1. The Balaban J connectivity index is 1.50. The third kappa shape index (κ3) is 5.06. The molecule has 1 amide bonds. The molecular formula is C25H24FN5O2. The first-order chi connectivity index (χ1) is 15.8. The number of anilines is 1. The Hall–Kier alpha value is -4.07. The van der Waals surface area contributed by atoms with Crippen LogP contribution in [0, 0.1) is 11.2 Å². The minimum Gasteiger partial charge on any atom is -0.512 e. The number of benzene rings is 1. The lowest BCUT2D eigenvalue weighted by Gasteiger charge is -2.10. The molecule has 0 saturated heterocycles. The predicted molar refractivity (Wildman–Crippen MR) is 126 cm³/mol. The van der Waals surface area contributed by atoms with E-state index in [1.54, 1.807) is 30.7 Å². The Labute approximate surface area is 190 Å². The van der Waals surface area contributed by atoms with Gasteiger partial charge >= 0.3 is 0 Å². The van der Waals surface area contributed by atoms with Crippen molar-refractivity contribution in [3.8, 4) is 11.1 Å². The zero-order valence-electron chi connectivity index (χ0n) is 18.3. The molecule has 1 aliphatic rings. The lowest BCUT2D eigenvalue weighted by Crippen LogP contribution is -2.10. The number of nitrogens with zero attached hydrogens (tertiary/aromatic N) is 3. The maximum absolute atomic E-state index is 14.6. The molecule has 8 heteroatoms. The van der Waals surface area contributed by atoms with Gasteiger partial charge in [-0.15, -0.1) is 0 Å². The van der Waals surface area contributed by atoms with Crippen molar-refractivity contribution < 1.29 is 14.3 Å². The van der Waals surface area contributed by atoms with Gasteiger partial charge < -0.3 is 15.8 Å². The van der Waals surface area contributed by atoms with Gasteiger partial charge in [0.1, 0.15) is 5.82 Å². The molecule has 3 aromatic rings. The van der Waals surface area contributed by atoms with E-state index in [0.29, 0.717) is 11.6 Å². The molecule has 1 aromatic carbocycles. The van der Waals surface area contributed by atoms with E-state index in [9.17, 15) is 14.3 Å². The highest BCUT2D eigenvalue weighted by Gasteiger charge is 2.24. The number of hydrogen-bond acceptors (Lipinski definition) is 5. The van der Waals surface area contributed by atoms with Gasteiger partial charge in [0.05, 0.1) is 23.7 Å². The number of carbonyl (C=O) groups is 1. The molecule has 2 heterocycles. The Morgan fingerprint density at radius 1 is 1.27 bits per heavy atom. The predicted octanol–water partition coefficient (Wildman–Crippen LogP) is 5.40. The third-order valence-electron chi connectivity index (χ3n) is 5.35. The second-order valence-corrected chi connectivity index (χ2v) is 8.01. The topological polar surface area (TPSA) is 104 Å². The number of rotatable bonds is 7. The zero-order valence-corrected chi connectivity index (χ0v) is 18.3. The van der Waals surface area contributed by atoms with Crippen LogP contribution in [0.25, 0.3) is 22.8 Å². The molecule has 0 bridgehead atoms. The van der Waals surface area contributed by atoms with Gasteiger partial charge in [0, 0.05) is 47.1 Å². The minimum absolute atomic E-state index is 0.00287. The van der Waals surface area contributed by atoms with Gasteiger partial charge in [-0.3, -0.25) is 14.5 Å². The fourth-order valence-electron chi connectivity index (χ4n) is 3.63. The van der Waals surface area contributed by atoms with Crippen LogP contribution in [0.5, 0.6) is 0 Å². The van der Waals surface area contributed by atoms with E-state index in [-0.39, 0.29) is 22.7 Å². The summed E-state index contributed by atoms with van der Waals surface area (Å²) >= 11 is 0. The molecule has 168 valence electrons. The number of aliphatic hydroxyl groups excluding tert-OH is 1. The maximum Gasteiger partial charge on any atom is 0.248 e. The minimum atomic E-state index is -0.663. The standard InChI is InChI=1S/C25H24FN5O2/c1-15(27)25(16(2)32)17-3-7-23(22(26)11-17)30-24(33)8-4-18-12-28-10-9-21(18)19-13-29-31(14-19)20-5-6-20/h3-4,7-14,20,27,32H,5-6H2,1-2H3,(H,30,33)/b8-4+,25-16+,27-15?. The highest BCUT2D eigenvalue weighted by Crippen LogP contribution is 2.35. The molecule has 7 nitrogen and oxygen atoms in total. The average molecular weight is 445 g/mol. The van der Waals surface area contributed by atoms with Gasteiger partial charge in [0.15, 0.2) is 0 Å². The van der Waals surface area contributed by atoms with Crippen molar-refractivity contribution in [2.24, 2.45) is 0 Å². The van der Waals surface area contributed by atoms with Crippen LogP contribution in [0.1, 0.15) is 43.9 Å². The number of amides is 1. The summed E-state index contributed by atoms with van der Waals surface area (Å²) in [5.74, 6) is -1.23. The molecule has 0 unspecified atom stereocenters. The van der Waals surface area contributed by atoms with E-state index >= 15 is 0 Å². The number of aromatic nitrogens is 3. The first-order valence-corrected chi connectivity index (χ1v) is 10.6. The third-order valence-corrected chi connectivity index (χ3v) is 5.35. The van der Waals surface area contributed by atoms with Crippen molar-refractivity contribution in [2.75, 3.05) is 5.32 Å². The fraction of sp³-hybridized carbons (Fsp3) is 0.200. The van der Waals surface area contributed by atoms with Crippen LogP contribution in [0.15, 0.2) is 60.9 Å². The van der Waals surface area contributed by atoms with Crippen LogP contribution in [-0.2, 0) is 4.79 Å². The molecule has 1 saturated carbocycles. The Morgan fingerprint density at radius 2 is 2.06 bits per heavy atom. The quantitative estimate of drug-likeness (QED) is 0.257. The molecule has 1 aliphatic carbocycles. The van der Waals surface area contributed by atoms with E-state index in [1.165, 1.54) is 32.1 Å². The zero-order chi connectivity index (χ0) is 23.5. The van der Waals surface area contributed by atoms with Crippen molar-refractivity contribution in [1.29, 1.82) is 5.41 Å². The molecule has 3 N–H and O–H groups in total. The van der Waals surface area contributed by atoms with Gasteiger partial charge in [0.2, 0.25) is 5.91 Å². The summed E-state index contributed by atoms with van der Waals surface area (Å²) in [4.78, 5) is 16.6.